The maximum absolute atomic E-state index is 11.0. The van der Waals surface area contributed by atoms with Gasteiger partial charge in [0.1, 0.15) is 0 Å². The summed E-state index contributed by atoms with van der Waals surface area (Å²) in [6.07, 6.45) is 3.54. The summed E-state index contributed by atoms with van der Waals surface area (Å²) in [5.74, 6) is -0.779. The fourth-order valence-corrected chi connectivity index (χ4v) is 3.02. The number of carboxylic acid groups (broad SMARTS) is 1. The molecule has 0 atom stereocenters. The number of carboxylic acids is 1. The molecule has 0 radical (unpaired) electrons. The van der Waals surface area contributed by atoms with Crippen LogP contribution in [-0.2, 0) is 11.3 Å². The number of hydrogen-bond acceptors (Lipinski definition) is 3. The summed E-state index contributed by atoms with van der Waals surface area (Å²) in [4.78, 5) is 13.3. The van der Waals surface area contributed by atoms with Crippen LogP contribution in [-0.4, -0.2) is 29.1 Å². The molecular formula is C16H24N2O2. The molecule has 4 heteroatoms. The lowest BCUT2D eigenvalue weighted by Crippen LogP contribution is -2.36. The molecule has 0 saturated heterocycles. The van der Waals surface area contributed by atoms with Crippen molar-refractivity contribution in [3.05, 3.63) is 29.3 Å². The van der Waals surface area contributed by atoms with E-state index in [1.54, 1.807) is 0 Å². The van der Waals surface area contributed by atoms with Crippen molar-refractivity contribution in [3.8, 4) is 0 Å². The maximum Gasteiger partial charge on any atom is 0.306 e. The first-order valence-corrected chi connectivity index (χ1v) is 7.25. The van der Waals surface area contributed by atoms with Crippen LogP contribution in [0.25, 0.3) is 0 Å². The summed E-state index contributed by atoms with van der Waals surface area (Å²) in [5.41, 5.74) is 9.05. The van der Waals surface area contributed by atoms with Gasteiger partial charge >= 0.3 is 5.97 Å². The van der Waals surface area contributed by atoms with E-state index in [9.17, 15) is 4.79 Å². The maximum atomic E-state index is 11.0. The van der Waals surface area contributed by atoms with Gasteiger partial charge in [0, 0.05) is 18.3 Å². The molecule has 0 aromatic heterocycles. The van der Waals surface area contributed by atoms with Crippen LogP contribution in [0.2, 0.25) is 0 Å². The number of benzene rings is 1. The van der Waals surface area contributed by atoms with Gasteiger partial charge in [0.25, 0.3) is 0 Å². The first kappa shape index (κ1) is 14.9. The average molecular weight is 276 g/mol. The van der Waals surface area contributed by atoms with Gasteiger partial charge in [0.15, 0.2) is 0 Å². The van der Waals surface area contributed by atoms with E-state index in [1.807, 2.05) is 13.0 Å². The largest absolute Gasteiger partial charge is 0.481 e. The van der Waals surface area contributed by atoms with E-state index in [4.69, 9.17) is 10.8 Å². The van der Waals surface area contributed by atoms with Crippen LogP contribution in [0.5, 0.6) is 0 Å². The van der Waals surface area contributed by atoms with Gasteiger partial charge in [-0.3, -0.25) is 9.69 Å². The van der Waals surface area contributed by atoms with Gasteiger partial charge in [-0.25, -0.2) is 0 Å². The Labute approximate surface area is 120 Å². The highest BCUT2D eigenvalue weighted by Gasteiger charge is 2.27. The number of carbonyl (C=O) groups is 1. The van der Waals surface area contributed by atoms with E-state index in [0.29, 0.717) is 6.04 Å². The van der Waals surface area contributed by atoms with Gasteiger partial charge in [-0.2, -0.15) is 0 Å². The van der Waals surface area contributed by atoms with Gasteiger partial charge in [-0.05, 0) is 56.8 Å². The molecule has 1 saturated carbocycles. The van der Waals surface area contributed by atoms with Crippen molar-refractivity contribution in [1.29, 1.82) is 0 Å². The van der Waals surface area contributed by atoms with E-state index in [-0.39, 0.29) is 5.92 Å². The standard InChI is InChI=1S/C16H24N2O2/c1-11-9-12(3-8-15(11)17)10-18(2)14-6-4-13(5-7-14)16(19)20/h3,8-9,13-14H,4-7,10,17H2,1-2H3,(H,19,20)/t13-,14-. The summed E-state index contributed by atoms with van der Waals surface area (Å²) in [5, 5.41) is 9.03. The number of nitrogens with zero attached hydrogens (tertiary/aromatic N) is 1. The van der Waals surface area contributed by atoms with Gasteiger partial charge in [-0.15, -0.1) is 0 Å². The summed E-state index contributed by atoms with van der Waals surface area (Å²) in [7, 11) is 2.12. The van der Waals surface area contributed by atoms with Crippen LogP contribution in [0.1, 0.15) is 36.8 Å². The minimum atomic E-state index is -0.639. The predicted molar refractivity (Wildman–Crippen MR) is 80.4 cm³/mol. The zero-order valence-corrected chi connectivity index (χ0v) is 12.3. The molecule has 3 N–H and O–H groups in total. The van der Waals surface area contributed by atoms with E-state index in [0.717, 1.165) is 43.5 Å². The predicted octanol–water partition coefficient (Wildman–Crippen LogP) is 2.65. The molecule has 0 bridgehead atoms. The lowest BCUT2D eigenvalue weighted by Gasteiger charge is -2.33. The number of hydrogen-bond donors (Lipinski definition) is 2. The highest BCUT2D eigenvalue weighted by molar-refractivity contribution is 5.70. The molecule has 0 heterocycles. The lowest BCUT2D eigenvalue weighted by molar-refractivity contribution is -0.143. The number of nitrogens with two attached hydrogens (primary N) is 1. The Morgan fingerprint density at radius 2 is 2.00 bits per heavy atom. The summed E-state index contributed by atoms with van der Waals surface area (Å²) in [6.45, 7) is 2.92. The smallest absolute Gasteiger partial charge is 0.306 e. The molecule has 0 amide bonds. The van der Waals surface area contributed by atoms with Gasteiger partial charge in [0.05, 0.1) is 5.92 Å². The number of rotatable bonds is 4. The van der Waals surface area contributed by atoms with Gasteiger partial charge in [-0.1, -0.05) is 12.1 Å². The quantitative estimate of drug-likeness (QED) is 0.830. The summed E-state index contributed by atoms with van der Waals surface area (Å²) in [6, 6.07) is 6.65. The van der Waals surface area contributed by atoms with Crippen molar-refractivity contribution in [2.45, 2.75) is 45.2 Å². The van der Waals surface area contributed by atoms with E-state index in [2.05, 4.69) is 24.1 Å². The van der Waals surface area contributed by atoms with Crippen molar-refractivity contribution in [3.63, 3.8) is 0 Å². The lowest BCUT2D eigenvalue weighted by atomic mass is 9.85. The molecular weight excluding hydrogens is 252 g/mol. The molecule has 1 aliphatic carbocycles. The summed E-state index contributed by atoms with van der Waals surface area (Å²) >= 11 is 0. The molecule has 1 fully saturated rings. The first-order chi connectivity index (χ1) is 9.47. The van der Waals surface area contributed by atoms with E-state index >= 15 is 0 Å². The molecule has 1 aliphatic rings. The molecule has 1 aromatic rings. The Balaban J connectivity index is 1.90. The molecule has 0 aliphatic heterocycles. The van der Waals surface area contributed by atoms with Crippen molar-refractivity contribution in [2.75, 3.05) is 12.8 Å². The molecule has 0 unspecified atom stereocenters. The third-order valence-electron chi connectivity index (χ3n) is 4.44. The van der Waals surface area contributed by atoms with Crippen LogP contribution in [0.4, 0.5) is 5.69 Å². The van der Waals surface area contributed by atoms with E-state index in [1.165, 1.54) is 5.56 Å². The molecule has 1 aromatic carbocycles. The molecule has 2 rings (SSSR count). The van der Waals surface area contributed by atoms with E-state index < -0.39 is 5.97 Å². The second-order valence-corrected chi connectivity index (χ2v) is 5.95. The molecule has 4 nitrogen and oxygen atoms in total. The Hall–Kier alpha value is -1.55. The minimum absolute atomic E-state index is 0.140. The summed E-state index contributed by atoms with van der Waals surface area (Å²) < 4.78 is 0. The second kappa shape index (κ2) is 6.27. The normalized spacial score (nSPS) is 22.9. The second-order valence-electron chi connectivity index (χ2n) is 5.95. The fourth-order valence-electron chi connectivity index (χ4n) is 3.02. The Morgan fingerprint density at radius 3 is 2.55 bits per heavy atom. The van der Waals surface area contributed by atoms with Crippen LogP contribution >= 0.6 is 0 Å². The van der Waals surface area contributed by atoms with Gasteiger partial charge < -0.3 is 10.8 Å². The number of aryl methyl sites for hydroxylation is 1. The van der Waals surface area contributed by atoms with Gasteiger partial charge in [0.2, 0.25) is 0 Å². The SMILES string of the molecule is Cc1cc(CN(C)[C@H]2CC[C@H](C(=O)O)CC2)ccc1N. The van der Waals surface area contributed by atoms with Crippen LogP contribution in [0.3, 0.4) is 0 Å². The van der Waals surface area contributed by atoms with Crippen molar-refractivity contribution >= 4 is 11.7 Å². The average Bonchev–Trinajstić information content (AvgIpc) is 2.43. The first-order valence-electron chi connectivity index (χ1n) is 7.25. The Kier molecular flexibility index (Phi) is 4.65. The topological polar surface area (TPSA) is 66.6 Å². The van der Waals surface area contributed by atoms with Crippen LogP contribution in [0.15, 0.2) is 18.2 Å². The zero-order valence-electron chi connectivity index (χ0n) is 12.3. The number of anilines is 1. The third-order valence-corrected chi connectivity index (χ3v) is 4.44. The number of aliphatic carboxylic acids is 1. The third kappa shape index (κ3) is 3.51. The highest BCUT2D eigenvalue weighted by Crippen LogP contribution is 2.28. The molecule has 110 valence electrons. The highest BCUT2D eigenvalue weighted by atomic mass is 16.4. The van der Waals surface area contributed by atoms with Crippen molar-refractivity contribution in [1.82, 2.24) is 4.90 Å². The van der Waals surface area contributed by atoms with Crippen molar-refractivity contribution in [2.24, 2.45) is 5.92 Å². The van der Waals surface area contributed by atoms with Crippen molar-refractivity contribution < 1.29 is 9.90 Å². The minimum Gasteiger partial charge on any atom is -0.481 e. The Morgan fingerprint density at radius 1 is 1.35 bits per heavy atom. The zero-order chi connectivity index (χ0) is 14.7. The number of nitrogen functional groups attached to an aromatic ring is 1. The fraction of sp³-hybridized carbons (Fsp3) is 0.562. The molecule has 0 spiro atoms. The van der Waals surface area contributed by atoms with Crippen LogP contribution < -0.4 is 5.73 Å². The molecule has 20 heavy (non-hydrogen) atoms. The Bertz CT molecular complexity index is 479. The monoisotopic (exact) mass is 276 g/mol. The van der Waals surface area contributed by atoms with Crippen LogP contribution in [0, 0.1) is 12.8 Å².